The van der Waals surface area contributed by atoms with E-state index in [1.807, 2.05) is 24.4 Å². The maximum absolute atomic E-state index is 6.59. The van der Waals surface area contributed by atoms with Crippen LogP contribution in [0.1, 0.15) is 97.8 Å². The number of nitrogens with zero attached hydrogens (tertiary/aromatic N) is 4. The number of fused-ring (bicyclic) bond motifs is 3. The molecule has 58 heavy (non-hydrogen) atoms. The molecule has 0 saturated carbocycles. The van der Waals surface area contributed by atoms with E-state index < -0.39 is 0 Å². The average molecular weight is 945 g/mol. The van der Waals surface area contributed by atoms with Crippen LogP contribution >= 0.6 is 0 Å². The smallest absolute Gasteiger partial charge is 0.136 e. The van der Waals surface area contributed by atoms with Gasteiger partial charge in [-0.15, -0.1) is 48.1 Å². The predicted octanol–water partition coefficient (Wildman–Crippen LogP) is 14.1. The van der Waals surface area contributed by atoms with Crippen LogP contribution in [0.25, 0.3) is 38.8 Å². The van der Waals surface area contributed by atoms with Gasteiger partial charge in [-0.25, -0.2) is 4.98 Å². The zero-order chi connectivity index (χ0) is 40.2. The molecule has 0 atom stereocenters. The van der Waals surface area contributed by atoms with Gasteiger partial charge in [-0.05, 0) is 87.0 Å². The van der Waals surface area contributed by atoms with Crippen LogP contribution < -0.4 is 14.5 Å². The Morgan fingerprint density at radius 2 is 1.36 bits per heavy atom. The van der Waals surface area contributed by atoms with E-state index in [0.29, 0.717) is 23.3 Å². The molecule has 6 heteroatoms. The first-order valence-electron chi connectivity index (χ1n) is 20.2. The predicted molar refractivity (Wildman–Crippen MR) is 238 cm³/mol. The zero-order valence-electron chi connectivity index (χ0n) is 35.3. The molecule has 5 nitrogen and oxygen atoms in total. The summed E-state index contributed by atoms with van der Waals surface area (Å²) in [4.78, 5) is 9.41. The number of pyridine rings is 1. The van der Waals surface area contributed by atoms with Crippen LogP contribution in [0.4, 0.5) is 11.4 Å². The summed E-state index contributed by atoms with van der Waals surface area (Å²) in [5, 5.41) is 2.24. The second-order valence-electron chi connectivity index (χ2n) is 17.9. The summed E-state index contributed by atoms with van der Waals surface area (Å²) < 4.78 is 8.81. The molecule has 8 rings (SSSR count). The molecular formula is C52H53N4OPt-3. The van der Waals surface area contributed by atoms with Gasteiger partial charge in [-0.1, -0.05) is 123 Å². The Morgan fingerprint density at radius 3 is 2.07 bits per heavy atom. The third kappa shape index (κ3) is 7.86. The maximum Gasteiger partial charge on any atom is 0.136 e. The van der Waals surface area contributed by atoms with Crippen molar-refractivity contribution in [2.24, 2.45) is 5.41 Å². The number of benzene rings is 5. The fraction of sp³-hybridized carbons (Fsp3) is 0.269. The SMILES string of the molecule is CC(C)c1cccc(C(C)C)c1-c1ccnc(-n2c3[c-]c(Oc4[c-]c(N5C=C(C(C)(C)C)N(c6cccc(C(C)(C)C)c6)[CH-]5)ccc4)ccc3c3ccccc32)c1.[Pt]. The number of ether oxygens (including phenoxy) is 1. The third-order valence-electron chi connectivity index (χ3n) is 11.0. The van der Waals surface area contributed by atoms with Crippen LogP contribution in [0.5, 0.6) is 11.5 Å². The molecular weight excluding hydrogens is 892 g/mol. The standard InChI is InChI=1S/C52H53N4O.Pt/c1-34(2)42-21-15-22-43(35(3)4)50(42)36-26-27-53-49(28-36)56-46-23-12-11-20-44(46)45-25-24-41(31-47(45)56)57-40-19-14-17-38(30-40)54-32-48(52(8,9)10)55(33-54)39-18-13-16-37(29-39)51(5,6)7;/h11-29,32-35H,1-10H3;/q-3;. The average Bonchev–Trinajstić information content (AvgIpc) is 3.78. The summed E-state index contributed by atoms with van der Waals surface area (Å²) in [6.45, 7) is 24.8. The molecule has 300 valence electrons. The molecule has 0 fully saturated rings. The molecule has 5 aromatic carbocycles. The van der Waals surface area contributed by atoms with E-state index in [9.17, 15) is 0 Å². The van der Waals surface area contributed by atoms with Crippen molar-refractivity contribution in [1.29, 1.82) is 0 Å². The van der Waals surface area contributed by atoms with E-state index in [1.54, 1.807) is 0 Å². The van der Waals surface area contributed by atoms with E-state index in [1.165, 1.54) is 33.5 Å². The van der Waals surface area contributed by atoms with Crippen molar-refractivity contribution in [3.63, 3.8) is 0 Å². The van der Waals surface area contributed by atoms with Crippen molar-refractivity contribution in [3.05, 3.63) is 163 Å². The van der Waals surface area contributed by atoms with Crippen LogP contribution in [-0.2, 0) is 26.5 Å². The molecule has 0 spiro atoms. The molecule has 0 bridgehead atoms. The van der Waals surface area contributed by atoms with Gasteiger partial charge in [0.1, 0.15) is 5.82 Å². The molecule has 2 aromatic heterocycles. The van der Waals surface area contributed by atoms with Gasteiger partial charge in [0.2, 0.25) is 0 Å². The Balaban J connectivity index is 0.00000512. The summed E-state index contributed by atoms with van der Waals surface area (Å²) in [6, 6.07) is 45.8. The van der Waals surface area contributed by atoms with Crippen LogP contribution in [0.15, 0.2) is 127 Å². The molecule has 7 aromatic rings. The number of aromatic nitrogens is 2. The second kappa shape index (κ2) is 15.9. The number of hydrogen-bond acceptors (Lipinski definition) is 4. The quantitative estimate of drug-likeness (QED) is 0.142. The largest absolute Gasteiger partial charge is 0.509 e. The van der Waals surface area contributed by atoms with Crippen molar-refractivity contribution in [2.75, 3.05) is 9.80 Å². The Labute approximate surface area is 359 Å². The van der Waals surface area contributed by atoms with E-state index in [2.05, 4.69) is 200 Å². The van der Waals surface area contributed by atoms with E-state index in [0.717, 1.165) is 39.0 Å². The summed E-state index contributed by atoms with van der Waals surface area (Å²) >= 11 is 0. The molecule has 0 unspecified atom stereocenters. The van der Waals surface area contributed by atoms with E-state index in [-0.39, 0.29) is 31.9 Å². The van der Waals surface area contributed by atoms with Crippen LogP contribution in [-0.4, -0.2) is 9.55 Å². The van der Waals surface area contributed by atoms with Gasteiger partial charge < -0.3 is 19.1 Å². The molecule has 1 aliphatic rings. The van der Waals surface area contributed by atoms with Crippen molar-refractivity contribution in [2.45, 2.75) is 86.5 Å². The number of hydrogen-bond donors (Lipinski definition) is 0. The molecule has 3 heterocycles. The maximum atomic E-state index is 6.59. The molecule has 0 saturated heterocycles. The Hall–Kier alpha value is -5.12. The molecule has 0 radical (unpaired) electrons. The Morgan fingerprint density at radius 1 is 0.672 bits per heavy atom. The fourth-order valence-corrected chi connectivity index (χ4v) is 7.95. The first-order valence-corrected chi connectivity index (χ1v) is 20.2. The van der Waals surface area contributed by atoms with Gasteiger partial charge in [0.15, 0.2) is 0 Å². The van der Waals surface area contributed by atoms with Gasteiger partial charge in [-0.2, -0.15) is 12.1 Å². The fourth-order valence-electron chi connectivity index (χ4n) is 7.95. The first-order chi connectivity index (χ1) is 27.2. The van der Waals surface area contributed by atoms with Crippen LogP contribution in [0, 0.1) is 24.2 Å². The van der Waals surface area contributed by atoms with Gasteiger partial charge in [-0.3, -0.25) is 0 Å². The summed E-state index contributed by atoms with van der Waals surface area (Å²) in [6.07, 6.45) is 4.14. The number of para-hydroxylation sites is 1. The van der Waals surface area contributed by atoms with E-state index >= 15 is 0 Å². The van der Waals surface area contributed by atoms with Crippen LogP contribution in [0.3, 0.4) is 0 Å². The molecule has 0 aliphatic carbocycles. The Bertz CT molecular complexity index is 2610. The zero-order valence-corrected chi connectivity index (χ0v) is 37.6. The normalized spacial score (nSPS) is 13.5. The third-order valence-corrected chi connectivity index (χ3v) is 11.0. The van der Waals surface area contributed by atoms with Gasteiger partial charge >= 0.3 is 0 Å². The first kappa shape index (κ1) is 41.1. The Kier molecular flexibility index (Phi) is 11.3. The van der Waals surface area contributed by atoms with E-state index in [4.69, 9.17) is 9.72 Å². The number of anilines is 2. The van der Waals surface area contributed by atoms with Crippen molar-refractivity contribution in [1.82, 2.24) is 9.55 Å². The van der Waals surface area contributed by atoms with Gasteiger partial charge in [0, 0.05) is 61.1 Å². The van der Waals surface area contributed by atoms with Gasteiger partial charge in [0.05, 0.1) is 0 Å². The minimum Gasteiger partial charge on any atom is -0.509 e. The minimum atomic E-state index is -0.0944. The molecule has 0 N–H and O–H groups in total. The summed E-state index contributed by atoms with van der Waals surface area (Å²) in [5.41, 5.74) is 11.6. The summed E-state index contributed by atoms with van der Waals surface area (Å²) in [7, 11) is 0. The molecule has 1 aliphatic heterocycles. The topological polar surface area (TPSA) is 33.5 Å². The number of allylic oxidation sites excluding steroid dienone is 1. The van der Waals surface area contributed by atoms with Crippen molar-refractivity contribution >= 4 is 33.2 Å². The minimum absolute atomic E-state index is 0. The monoisotopic (exact) mass is 944 g/mol. The van der Waals surface area contributed by atoms with Crippen molar-refractivity contribution in [3.8, 4) is 28.4 Å². The molecule has 0 amide bonds. The van der Waals surface area contributed by atoms with Crippen LogP contribution in [0.2, 0.25) is 0 Å². The van der Waals surface area contributed by atoms with Crippen molar-refractivity contribution < 1.29 is 25.8 Å². The summed E-state index contributed by atoms with van der Waals surface area (Å²) in [5.74, 6) is 2.84. The number of rotatable bonds is 8. The van der Waals surface area contributed by atoms with Gasteiger partial charge in [0.25, 0.3) is 0 Å². The second-order valence-corrected chi connectivity index (χ2v) is 17.9.